The maximum atomic E-state index is 13.0. The topological polar surface area (TPSA) is 35.5 Å². The molecule has 0 heterocycles. The minimum atomic E-state index is -0.325. The van der Waals surface area contributed by atoms with Crippen LogP contribution in [0.2, 0.25) is 0 Å². The summed E-state index contributed by atoms with van der Waals surface area (Å²) in [5.74, 6) is -0.250. The molecule has 0 radical (unpaired) electrons. The zero-order valence-corrected chi connectivity index (χ0v) is 11.8. The number of methoxy groups -OCH3 is 1. The monoisotopic (exact) mass is 318 g/mol. The highest BCUT2D eigenvalue weighted by atomic mass is 79.9. The Balaban J connectivity index is 2.29. The predicted octanol–water partition coefficient (Wildman–Crippen LogP) is 2.75. The quantitative estimate of drug-likeness (QED) is 0.691. The number of rotatable bonds is 8. The standard InChI is InChI=1S/C13H16BrFO3/c1-17-6-7-18-5-4-11(16)8-10-2-3-13(15)12(14)9-10/h2-3,9H,4-8H2,1H3. The fourth-order valence-corrected chi connectivity index (χ4v) is 1.82. The normalized spacial score (nSPS) is 10.6. The summed E-state index contributed by atoms with van der Waals surface area (Å²) in [4.78, 5) is 11.6. The summed E-state index contributed by atoms with van der Waals surface area (Å²) in [6.45, 7) is 1.41. The first kappa shape index (κ1) is 15.3. The lowest BCUT2D eigenvalue weighted by Crippen LogP contribution is -2.09. The van der Waals surface area contributed by atoms with Gasteiger partial charge in [-0.1, -0.05) is 6.07 Å². The van der Waals surface area contributed by atoms with Crippen LogP contribution >= 0.6 is 15.9 Å². The third-order valence-electron chi connectivity index (χ3n) is 2.34. The van der Waals surface area contributed by atoms with Crippen molar-refractivity contribution in [3.05, 3.63) is 34.1 Å². The molecular weight excluding hydrogens is 303 g/mol. The summed E-state index contributed by atoms with van der Waals surface area (Å²) in [5, 5.41) is 0. The van der Waals surface area contributed by atoms with Crippen molar-refractivity contribution in [3.63, 3.8) is 0 Å². The molecule has 100 valence electrons. The lowest BCUT2D eigenvalue weighted by molar-refractivity contribution is -0.119. The molecule has 1 aromatic carbocycles. The number of carbonyl (C=O) groups excluding carboxylic acids is 1. The minimum Gasteiger partial charge on any atom is -0.382 e. The number of ketones is 1. The molecule has 0 amide bonds. The number of halogens is 2. The molecule has 0 atom stereocenters. The number of hydrogen-bond acceptors (Lipinski definition) is 3. The highest BCUT2D eigenvalue weighted by molar-refractivity contribution is 9.10. The molecular formula is C13H16BrFO3. The van der Waals surface area contributed by atoms with Gasteiger partial charge in [-0.2, -0.15) is 0 Å². The van der Waals surface area contributed by atoms with Gasteiger partial charge in [-0.25, -0.2) is 4.39 Å². The molecule has 0 saturated heterocycles. The Morgan fingerprint density at radius 2 is 2.11 bits per heavy atom. The van der Waals surface area contributed by atoms with Crippen molar-refractivity contribution >= 4 is 21.7 Å². The van der Waals surface area contributed by atoms with Gasteiger partial charge < -0.3 is 9.47 Å². The van der Waals surface area contributed by atoms with E-state index in [1.165, 1.54) is 6.07 Å². The van der Waals surface area contributed by atoms with Crippen LogP contribution in [0, 0.1) is 5.82 Å². The Kier molecular flexibility index (Phi) is 7.08. The highest BCUT2D eigenvalue weighted by Crippen LogP contribution is 2.17. The fraction of sp³-hybridized carbons (Fsp3) is 0.462. The second kappa shape index (κ2) is 8.34. The molecule has 0 N–H and O–H groups in total. The molecule has 5 heteroatoms. The van der Waals surface area contributed by atoms with E-state index in [1.807, 2.05) is 0 Å². The fourth-order valence-electron chi connectivity index (χ4n) is 1.40. The molecule has 0 saturated carbocycles. The van der Waals surface area contributed by atoms with Crippen molar-refractivity contribution in [2.45, 2.75) is 12.8 Å². The summed E-state index contributed by atoms with van der Waals surface area (Å²) in [6.07, 6.45) is 0.658. The van der Waals surface area contributed by atoms with Crippen LogP contribution < -0.4 is 0 Å². The average molecular weight is 319 g/mol. The van der Waals surface area contributed by atoms with Crippen LogP contribution in [0.1, 0.15) is 12.0 Å². The van der Waals surface area contributed by atoms with Crippen LogP contribution in [0.3, 0.4) is 0 Å². The Morgan fingerprint density at radius 3 is 2.78 bits per heavy atom. The van der Waals surface area contributed by atoms with Crippen molar-refractivity contribution in [3.8, 4) is 0 Å². The summed E-state index contributed by atoms with van der Waals surface area (Å²) in [6, 6.07) is 4.59. The molecule has 1 aromatic rings. The lowest BCUT2D eigenvalue weighted by atomic mass is 10.1. The number of benzene rings is 1. The summed E-state index contributed by atoms with van der Waals surface area (Å²) < 4.78 is 23.4. The van der Waals surface area contributed by atoms with E-state index in [2.05, 4.69) is 15.9 Å². The zero-order chi connectivity index (χ0) is 13.4. The zero-order valence-electron chi connectivity index (χ0n) is 10.2. The molecule has 0 aromatic heterocycles. The van der Waals surface area contributed by atoms with Gasteiger partial charge in [0, 0.05) is 20.0 Å². The maximum Gasteiger partial charge on any atom is 0.139 e. The highest BCUT2D eigenvalue weighted by Gasteiger charge is 2.06. The van der Waals surface area contributed by atoms with Gasteiger partial charge in [0.05, 0.1) is 24.3 Å². The maximum absolute atomic E-state index is 13.0. The van der Waals surface area contributed by atoms with E-state index >= 15 is 0 Å². The lowest BCUT2D eigenvalue weighted by Gasteiger charge is -2.04. The first-order valence-electron chi connectivity index (χ1n) is 5.66. The second-order valence-corrected chi connectivity index (χ2v) is 4.67. The van der Waals surface area contributed by atoms with Gasteiger partial charge in [0.25, 0.3) is 0 Å². The minimum absolute atomic E-state index is 0.0749. The third-order valence-corrected chi connectivity index (χ3v) is 2.95. The molecule has 0 bridgehead atoms. The van der Waals surface area contributed by atoms with Gasteiger partial charge >= 0.3 is 0 Å². The van der Waals surface area contributed by atoms with Gasteiger partial charge in [0.15, 0.2) is 0 Å². The number of hydrogen-bond donors (Lipinski definition) is 0. The summed E-state index contributed by atoms with van der Waals surface area (Å²) in [5.41, 5.74) is 0.796. The number of ether oxygens (including phenoxy) is 2. The van der Waals surface area contributed by atoms with E-state index in [-0.39, 0.29) is 11.6 Å². The summed E-state index contributed by atoms with van der Waals surface area (Å²) in [7, 11) is 1.60. The van der Waals surface area contributed by atoms with Crippen LogP contribution in [0.5, 0.6) is 0 Å². The Labute approximate surface area is 114 Å². The van der Waals surface area contributed by atoms with Crippen molar-refractivity contribution in [1.29, 1.82) is 0 Å². The van der Waals surface area contributed by atoms with Crippen LogP contribution in [0.25, 0.3) is 0 Å². The van der Waals surface area contributed by atoms with Crippen LogP contribution in [-0.4, -0.2) is 32.7 Å². The SMILES string of the molecule is COCCOCCC(=O)Cc1ccc(F)c(Br)c1. The van der Waals surface area contributed by atoms with Crippen molar-refractivity contribution in [2.75, 3.05) is 26.9 Å². The number of Topliss-reactive ketones (excluding diaryl/α,β-unsaturated/α-hetero) is 1. The molecule has 0 aliphatic carbocycles. The summed E-state index contributed by atoms with van der Waals surface area (Å²) >= 11 is 3.09. The molecule has 0 aliphatic heterocycles. The van der Waals surface area contributed by atoms with Crippen LogP contribution in [-0.2, 0) is 20.7 Å². The van der Waals surface area contributed by atoms with Gasteiger partial charge in [0.1, 0.15) is 11.6 Å². The van der Waals surface area contributed by atoms with E-state index in [0.717, 1.165) is 5.56 Å². The Bertz CT molecular complexity index is 396. The van der Waals surface area contributed by atoms with Gasteiger partial charge in [-0.15, -0.1) is 0 Å². The molecule has 18 heavy (non-hydrogen) atoms. The first-order valence-corrected chi connectivity index (χ1v) is 6.45. The van der Waals surface area contributed by atoms with E-state index < -0.39 is 0 Å². The second-order valence-electron chi connectivity index (χ2n) is 3.82. The molecule has 0 aliphatic rings. The predicted molar refractivity (Wildman–Crippen MR) is 70.1 cm³/mol. The van der Waals surface area contributed by atoms with Crippen LogP contribution in [0.15, 0.2) is 22.7 Å². The first-order chi connectivity index (χ1) is 8.63. The van der Waals surface area contributed by atoms with E-state index in [4.69, 9.17) is 9.47 Å². The van der Waals surface area contributed by atoms with Gasteiger partial charge in [-0.05, 0) is 33.6 Å². The average Bonchev–Trinajstić information content (AvgIpc) is 2.34. The molecule has 1 rings (SSSR count). The smallest absolute Gasteiger partial charge is 0.139 e. The van der Waals surface area contributed by atoms with Crippen LogP contribution in [0.4, 0.5) is 4.39 Å². The van der Waals surface area contributed by atoms with Crippen molar-refractivity contribution in [2.24, 2.45) is 0 Å². The molecule has 3 nitrogen and oxygen atoms in total. The molecule has 0 fully saturated rings. The van der Waals surface area contributed by atoms with E-state index in [9.17, 15) is 9.18 Å². The van der Waals surface area contributed by atoms with Gasteiger partial charge in [-0.3, -0.25) is 4.79 Å². The molecule has 0 spiro atoms. The Morgan fingerprint density at radius 1 is 1.33 bits per heavy atom. The van der Waals surface area contributed by atoms with Crippen molar-refractivity contribution < 1.29 is 18.7 Å². The number of carbonyl (C=O) groups is 1. The van der Waals surface area contributed by atoms with Crippen molar-refractivity contribution in [1.82, 2.24) is 0 Å². The van der Waals surface area contributed by atoms with E-state index in [1.54, 1.807) is 19.2 Å². The largest absolute Gasteiger partial charge is 0.382 e. The van der Waals surface area contributed by atoms with E-state index in [0.29, 0.717) is 37.1 Å². The third kappa shape index (κ3) is 5.71. The van der Waals surface area contributed by atoms with Gasteiger partial charge in [0.2, 0.25) is 0 Å². The Hall–Kier alpha value is -0.780. The molecule has 0 unspecified atom stereocenters.